The van der Waals surface area contributed by atoms with Crippen LogP contribution in [0.15, 0.2) is 24.3 Å². The van der Waals surface area contributed by atoms with Gasteiger partial charge in [-0.3, -0.25) is 9.59 Å². The van der Waals surface area contributed by atoms with Gasteiger partial charge in [-0.15, -0.1) is 0 Å². The molecule has 6 heteroatoms. The smallest absolute Gasteiger partial charge is 0.316 e. The molecule has 1 fully saturated rings. The molecule has 0 radical (unpaired) electrons. The minimum absolute atomic E-state index is 0.305. The quantitative estimate of drug-likeness (QED) is 0.624. The van der Waals surface area contributed by atoms with Crippen LogP contribution in [0.5, 0.6) is 0 Å². The summed E-state index contributed by atoms with van der Waals surface area (Å²) in [4.78, 5) is 28.2. The van der Waals surface area contributed by atoms with Gasteiger partial charge in [0.05, 0.1) is 0 Å². The first-order valence-electron chi connectivity index (χ1n) is 9.48. The van der Waals surface area contributed by atoms with E-state index in [9.17, 15) is 14.0 Å². The van der Waals surface area contributed by atoms with Gasteiger partial charge in [0.25, 0.3) is 0 Å². The number of halogens is 1. The normalized spacial score (nSPS) is 20.6. The fourth-order valence-electron chi connectivity index (χ4n) is 3.76. The Bertz CT molecular complexity index is 613. The molecule has 2 atom stereocenters. The Morgan fingerprint density at radius 1 is 1.27 bits per heavy atom. The van der Waals surface area contributed by atoms with Crippen molar-refractivity contribution in [2.45, 2.75) is 33.6 Å². The lowest BCUT2D eigenvalue weighted by Crippen LogP contribution is -2.44. The number of amides is 2. The lowest BCUT2D eigenvalue weighted by atomic mass is 9.92. The lowest BCUT2D eigenvalue weighted by Gasteiger charge is -2.34. The minimum atomic E-state index is -0.654. The Hall–Kier alpha value is -1.95. The van der Waals surface area contributed by atoms with Gasteiger partial charge < -0.3 is 15.1 Å². The van der Waals surface area contributed by atoms with Crippen molar-refractivity contribution < 1.29 is 14.0 Å². The van der Waals surface area contributed by atoms with E-state index in [-0.39, 0.29) is 0 Å². The summed E-state index contributed by atoms with van der Waals surface area (Å²) in [5.74, 6) is -0.312. The fraction of sp³-hybridized carbons (Fsp3) is 0.600. The van der Waals surface area contributed by atoms with Gasteiger partial charge in [0.1, 0.15) is 5.82 Å². The highest BCUT2D eigenvalue weighted by atomic mass is 19.1. The Morgan fingerprint density at radius 3 is 2.58 bits per heavy atom. The van der Waals surface area contributed by atoms with Gasteiger partial charge in [-0.1, -0.05) is 19.9 Å². The fourth-order valence-corrected chi connectivity index (χ4v) is 3.76. The summed E-state index contributed by atoms with van der Waals surface area (Å²) in [7, 11) is 0. The van der Waals surface area contributed by atoms with Gasteiger partial charge in [0, 0.05) is 31.9 Å². The van der Waals surface area contributed by atoms with Crippen LogP contribution in [0, 0.1) is 17.7 Å². The molecule has 1 aliphatic rings. The summed E-state index contributed by atoms with van der Waals surface area (Å²) >= 11 is 0. The van der Waals surface area contributed by atoms with Crippen LogP contribution in [0.3, 0.4) is 0 Å². The van der Waals surface area contributed by atoms with Crippen molar-refractivity contribution in [3.05, 3.63) is 30.1 Å². The topological polar surface area (TPSA) is 52.7 Å². The second-order valence-corrected chi connectivity index (χ2v) is 7.34. The molecule has 0 aliphatic carbocycles. The van der Waals surface area contributed by atoms with Crippen LogP contribution in [0.1, 0.15) is 33.6 Å². The van der Waals surface area contributed by atoms with Crippen molar-refractivity contribution in [3.8, 4) is 0 Å². The average Bonchev–Trinajstić information content (AvgIpc) is 2.58. The molecule has 1 aromatic rings. The highest BCUT2D eigenvalue weighted by molar-refractivity contribution is 6.40. The van der Waals surface area contributed by atoms with E-state index in [1.54, 1.807) is 13.0 Å². The number of anilines is 1. The summed E-state index contributed by atoms with van der Waals surface area (Å²) in [5.41, 5.74) is 0.393. The average molecular weight is 363 g/mol. The molecule has 2 rings (SSSR count). The number of nitrogens with zero attached hydrogens (tertiary/aromatic N) is 2. The molecule has 1 saturated heterocycles. The molecule has 0 spiro atoms. The first kappa shape index (κ1) is 20.4. The van der Waals surface area contributed by atoms with Crippen LogP contribution in [-0.2, 0) is 9.59 Å². The molecule has 144 valence electrons. The zero-order chi connectivity index (χ0) is 19.1. The predicted octanol–water partition coefficient (Wildman–Crippen LogP) is 2.66. The molecule has 0 bridgehead atoms. The van der Waals surface area contributed by atoms with Crippen molar-refractivity contribution in [1.82, 2.24) is 10.2 Å². The second-order valence-electron chi connectivity index (χ2n) is 7.34. The van der Waals surface area contributed by atoms with Gasteiger partial charge in [-0.25, -0.2) is 4.39 Å². The van der Waals surface area contributed by atoms with E-state index in [0.717, 1.165) is 26.1 Å². The predicted molar refractivity (Wildman–Crippen MR) is 101 cm³/mol. The molecule has 2 amide bonds. The summed E-state index contributed by atoms with van der Waals surface area (Å²) in [6.45, 7) is 10.2. The van der Waals surface area contributed by atoms with E-state index in [1.165, 1.54) is 29.5 Å². The third-order valence-electron chi connectivity index (χ3n) is 4.76. The summed E-state index contributed by atoms with van der Waals surface area (Å²) in [5, 5.41) is 2.69. The molecular formula is C20H30FN3O2. The van der Waals surface area contributed by atoms with Gasteiger partial charge in [0.15, 0.2) is 0 Å². The summed E-state index contributed by atoms with van der Waals surface area (Å²) < 4.78 is 13.4. The first-order chi connectivity index (χ1) is 12.4. The number of nitrogens with one attached hydrogen (secondary N) is 1. The van der Waals surface area contributed by atoms with Crippen molar-refractivity contribution in [2.75, 3.05) is 37.6 Å². The SMILES string of the molecule is CCN(C(=O)C(=O)NCCCN1CC(C)CC(C)C1)c1cccc(F)c1. The Labute approximate surface area is 155 Å². The molecule has 0 aromatic heterocycles. The van der Waals surface area contributed by atoms with Crippen molar-refractivity contribution in [2.24, 2.45) is 11.8 Å². The van der Waals surface area contributed by atoms with E-state index in [4.69, 9.17) is 0 Å². The number of piperidine rings is 1. The van der Waals surface area contributed by atoms with Crippen molar-refractivity contribution >= 4 is 17.5 Å². The van der Waals surface area contributed by atoms with Crippen LogP contribution in [-0.4, -0.2) is 49.4 Å². The van der Waals surface area contributed by atoms with Gasteiger partial charge >= 0.3 is 11.8 Å². The number of carbonyl (C=O) groups is 2. The van der Waals surface area contributed by atoms with Crippen LogP contribution in [0.4, 0.5) is 10.1 Å². The monoisotopic (exact) mass is 363 g/mol. The van der Waals surface area contributed by atoms with Crippen LogP contribution in [0.25, 0.3) is 0 Å². The van der Waals surface area contributed by atoms with E-state index < -0.39 is 17.6 Å². The molecule has 26 heavy (non-hydrogen) atoms. The number of rotatable bonds is 6. The summed E-state index contributed by atoms with van der Waals surface area (Å²) in [6, 6.07) is 5.72. The molecule has 5 nitrogen and oxygen atoms in total. The zero-order valence-electron chi connectivity index (χ0n) is 16.0. The second kappa shape index (κ2) is 9.67. The number of likely N-dealkylation sites (N-methyl/N-ethyl adjacent to an activating group) is 1. The number of hydrogen-bond acceptors (Lipinski definition) is 3. The Morgan fingerprint density at radius 2 is 1.96 bits per heavy atom. The maximum atomic E-state index is 13.4. The molecule has 2 unspecified atom stereocenters. The zero-order valence-corrected chi connectivity index (χ0v) is 16.0. The van der Waals surface area contributed by atoms with Crippen molar-refractivity contribution in [1.29, 1.82) is 0 Å². The third-order valence-corrected chi connectivity index (χ3v) is 4.76. The Kier molecular flexibility index (Phi) is 7.57. The highest BCUT2D eigenvalue weighted by Crippen LogP contribution is 2.20. The van der Waals surface area contributed by atoms with E-state index in [0.29, 0.717) is 30.6 Å². The van der Waals surface area contributed by atoms with E-state index in [2.05, 4.69) is 24.1 Å². The van der Waals surface area contributed by atoms with Gasteiger partial charge in [0.2, 0.25) is 0 Å². The lowest BCUT2D eigenvalue weighted by molar-refractivity contribution is -0.137. The number of likely N-dealkylation sites (tertiary alicyclic amines) is 1. The Balaban J connectivity index is 1.78. The number of carbonyl (C=O) groups excluding carboxylic acids is 2. The summed E-state index contributed by atoms with van der Waals surface area (Å²) in [6.07, 6.45) is 2.08. The highest BCUT2D eigenvalue weighted by Gasteiger charge is 2.23. The van der Waals surface area contributed by atoms with Gasteiger partial charge in [-0.05, 0) is 56.3 Å². The standard InChI is InChI=1S/C20H30FN3O2/c1-4-24(18-8-5-7-17(21)12-18)20(26)19(25)22-9-6-10-23-13-15(2)11-16(3)14-23/h5,7-8,12,15-16H,4,6,9-11,13-14H2,1-3H3,(H,22,25). The van der Waals surface area contributed by atoms with Crippen LogP contribution < -0.4 is 10.2 Å². The van der Waals surface area contributed by atoms with Crippen LogP contribution in [0.2, 0.25) is 0 Å². The van der Waals surface area contributed by atoms with Crippen molar-refractivity contribution in [3.63, 3.8) is 0 Å². The molecule has 0 saturated carbocycles. The largest absolute Gasteiger partial charge is 0.348 e. The number of benzene rings is 1. The molecule has 1 aliphatic heterocycles. The van der Waals surface area contributed by atoms with Gasteiger partial charge in [-0.2, -0.15) is 0 Å². The van der Waals surface area contributed by atoms with E-state index in [1.807, 2.05) is 0 Å². The minimum Gasteiger partial charge on any atom is -0.348 e. The third kappa shape index (κ3) is 5.80. The first-order valence-corrected chi connectivity index (χ1v) is 9.48. The van der Waals surface area contributed by atoms with Crippen LogP contribution >= 0.6 is 0 Å². The van der Waals surface area contributed by atoms with E-state index >= 15 is 0 Å². The maximum Gasteiger partial charge on any atom is 0.316 e. The molecular weight excluding hydrogens is 333 g/mol. The maximum absolute atomic E-state index is 13.4. The molecule has 1 heterocycles. The molecule has 1 N–H and O–H groups in total. The number of hydrogen-bond donors (Lipinski definition) is 1. The molecule has 1 aromatic carbocycles.